The van der Waals surface area contributed by atoms with E-state index in [4.69, 9.17) is 0 Å². The third-order valence-corrected chi connectivity index (χ3v) is 11.2. The molecular weight excluding hydrogens is 757 g/mol. The van der Waals surface area contributed by atoms with E-state index in [1.54, 1.807) is 19.9 Å². The number of Topliss-reactive ketones (excluding diaryl/α,β-unsaturated/α-hetero) is 1. The minimum Gasteiger partial charge on any atom is -0.344 e. The maximum Gasteiger partial charge on any atom is 0.290 e. The van der Waals surface area contributed by atoms with Gasteiger partial charge in [0.05, 0.1) is 23.7 Å². The molecule has 2 aromatic rings. The van der Waals surface area contributed by atoms with E-state index in [0.29, 0.717) is 6.42 Å². The molecule has 57 heavy (non-hydrogen) atoms. The van der Waals surface area contributed by atoms with Crippen LogP contribution in [0, 0.1) is 17.8 Å². The minimum atomic E-state index is -4.21. The molecule has 18 heteroatoms. The van der Waals surface area contributed by atoms with E-state index < -0.39 is 87.9 Å². The van der Waals surface area contributed by atoms with Crippen LogP contribution in [0.3, 0.4) is 0 Å². The van der Waals surface area contributed by atoms with Crippen molar-refractivity contribution in [3.8, 4) is 0 Å². The Hall–Kier alpha value is -5.26. The highest BCUT2D eigenvalue weighted by Crippen LogP contribution is 2.27. The number of carbonyl (C=O) groups is 7. The second-order valence-electron chi connectivity index (χ2n) is 14.8. The van der Waals surface area contributed by atoms with E-state index >= 15 is 0 Å². The second kappa shape index (κ2) is 22.5. The topological polar surface area (TPSA) is 252 Å². The van der Waals surface area contributed by atoms with Crippen LogP contribution in [0.25, 0.3) is 0 Å². The number of sulfonamides is 1. The summed E-state index contributed by atoms with van der Waals surface area (Å²) in [5.74, 6) is -6.23. The van der Waals surface area contributed by atoms with Crippen molar-refractivity contribution in [3.63, 3.8) is 0 Å². The van der Waals surface area contributed by atoms with Gasteiger partial charge in [0, 0.05) is 12.4 Å². The van der Waals surface area contributed by atoms with Crippen LogP contribution < -0.4 is 31.3 Å². The summed E-state index contributed by atoms with van der Waals surface area (Å²) in [6.45, 7) is 8.13. The van der Waals surface area contributed by atoms with Crippen LogP contribution in [-0.4, -0.2) is 90.3 Å². The first-order valence-corrected chi connectivity index (χ1v) is 20.9. The summed E-state index contributed by atoms with van der Waals surface area (Å²) in [5.41, 5.74) is 0.0213. The van der Waals surface area contributed by atoms with Crippen LogP contribution in [-0.2, 0) is 38.8 Å². The number of carbonyl (C=O) groups excluding carboxylic acids is 7. The molecule has 6 amide bonds. The Bertz CT molecular complexity index is 1810. The van der Waals surface area contributed by atoms with Gasteiger partial charge < -0.3 is 26.6 Å². The minimum absolute atomic E-state index is 0.00778. The zero-order valence-electron chi connectivity index (χ0n) is 33.2. The van der Waals surface area contributed by atoms with Gasteiger partial charge in [-0.25, -0.2) is 18.1 Å². The average molecular weight is 813 g/mol. The van der Waals surface area contributed by atoms with E-state index in [9.17, 15) is 42.0 Å². The van der Waals surface area contributed by atoms with Gasteiger partial charge in [0.1, 0.15) is 23.8 Å². The van der Waals surface area contributed by atoms with Gasteiger partial charge in [-0.2, -0.15) is 0 Å². The van der Waals surface area contributed by atoms with Gasteiger partial charge in [0.2, 0.25) is 23.5 Å². The highest BCUT2D eigenvalue weighted by Gasteiger charge is 2.35. The van der Waals surface area contributed by atoms with Gasteiger partial charge in [-0.05, 0) is 49.1 Å². The van der Waals surface area contributed by atoms with Crippen molar-refractivity contribution in [2.24, 2.45) is 17.8 Å². The SMILES string of the molecule is CCC(NC(=O)[C@H](CC1CCCCC1)NC(=O)[C@@H](NC(=O)[C@H](CC(C)C)NC(=O)c1cnccn1)[C@@H](C)CC)C(=O)C(=O)NCC(=O)NS(=O)(=O)c1ccccc1. The van der Waals surface area contributed by atoms with Crippen molar-refractivity contribution in [2.45, 2.75) is 121 Å². The Morgan fingerprint density at radius 1 is 0.772 bits per heavy atom. The summed E-state index contributed by atoms with van der Waals surface area (Å²) in [7, 11) is -4.21. The van der Waals surface area contributed by atoms with E-state index in [-0.39, 0.29) is 41.7 Å². The fourth-order valence-electron chi connectivity index (χ4n) is 6.43. The molecule has 1 aromatic heterocycles. The fraction of sp³-hybridized carbons (Fsp3) is 0.564. The molecule has 3 rings (SSSR count). The van der Waals surface area contributed by atoms with Gasteiger partial charge in [0.15, 0.2) is 0 Å². The molecule has 1 fully saturated rings. The van der Waals surface area contributed by atoms with Gasteiger partial charge in [-0.1, -0.05) is 91.3 Å². The first-order chi connectivity index (χ1) is 27.1. The molecule has 0 radical (unpaired) electrons. The summed E-state index contributed by atoms with van der Waals surface area (Å²) < 4.78 is 26.7. The molecule has 1 aliphatic carbocycles. The van der Waals surface area contributed by atoms with Crippen molar-refractivity contribution >= 4 is 51.2 Å². The van der Waals surface area contributed by atoms with Crippen LogP contribution in [0.2, 0.25) is 0 Å². The zero-order chi connectivity index (χ0) is 42.1. The van der Waals surface area contributed by atoms with E-state index in [1.165, 1.54) is 42.9 Å². The van der Waals surface area contributed by atoms with Crippen LogP contribution >= 0.6 is 0 Å². The number of hydrogen-bond donors (Lipinski definition) is 6. The monoisotopic (exact) mass is 812 g/mol. The molecule has 312 valence electrons. The summed E-state index contributed by atoms with van der Waals surface area (Å²) in [6, 6.07) is 2.54. The lowest BCUT2D eigenvalue weighted by Gasteiger charge is -2.31. The lowest BCUT2D eigenvalue weighted by atomic mass is 9.84. The zero-order valence-corrected chi connectivity index (χ0v) is 34.0. The molecule has 0 bridgehead atoms. The molecule has 1 aliphatic rings. The largest absolute Gasteiger partial charge is 0.344 e. The number of rotatable bonds is 21. The summed E-state index contributed by atoms with van der Waals surface area (Å²) in [4.78, 5) is 101. The van der Waals surface area contributed by atoms with Gasteiger partial charge >= 0.3 is 0 Å². The van der Waals surface area contributed by atoms with Crippen molar-refractivity contribution in [3.05, 3.63) is 54.6 Å². The molecule has 0 spiro atoms. The van der Waals surface area contributed by atoms with Crippen LogP contribution in [0.1, 0.15) is 103 Å². The smallest absolute Gasteiger partial charge is 0.290 e. The summed E-state index contributed by atoms with van der Waals surface area (Å²) >= 11 is 0. The van der Waals surface area contributed by atoms with Gasteiger partial charge in [0.25, 0.3) is 27.7 Å². The maximum atomic E-state index is 14.0. The third-order valence-electron chi connectivity index (χ3n) is 9.82. The number of ketones is 1. The molecule has 0 saturated heterocycles. The van der Waals surface area contributed by atoms with E-state index in [1.807, 2.05) is 25.5 Å². The Morgan fingerprint density at radius 2 is 1.42 bits per heavy atom. The molecule has 1 aromatic carbocycles. The van der Waals surface area contributed by atoms with Crippen molar-refractivity contribution < 1.29 is 42.0 Å². The lowest BCUT2D eigenvalue weighted by molar-refractivity contribution is -0.141. The highest BCUT2D eigenvalue weighted by atomic mass is 32.2. The Kier molecular flexibility index (Phi) is 18.2. The number of nitrogens with zero attached hydrogens (tertiary/aromatic N) is 2. The molecule has 5 atom stereocenters. The van der Waals surface area contributed by atoms with Crippen molar-refractivity contribution in [1.82, 2.24) is 41.3 Å². The normalized spacial score (nSPS) is 15.8. The highest BCUT2D eigenvalue weighted by molar-refractivity contribution is 7.90. The maximum absolute atomic E-state index is 14.0. The van der Waals surface area contributed by atoms with Crippen LogP contribution in [0.4, 0.5) is 0 Å². The molecular formula is C39H56N8O9S. The standard InChI is InChI=1S/C39H56N8O9S/c1-6-25(5)33(46-36(51)29(20-24(3)4)44-37(52)31-22-40-18-19-41-31)38(53)45-30(21-26-14-10-8-11-15-26)35(50)43-28(7-2)34(49)39(54)42-23-32(48)47-57(55,56)27-16-12-9-13-17-27/h9,12-13,16-19,22,24-26,28-30,33H,6-8,10-11,14-15,20-21,23H2,1-5H3,(H,42,54)(H,43,50)(H,44,52)(H,45,53)(H,46,51)(H,47,48)/t25-,28?,29-,30-,33-/m0/s1. The van der Waals surface area contributed by atoms with Gasteiger partial charge in [-0.3, -0.25) is 38.5 Å². The van der Waals surface area contributed by atoms with Crippen molar-refractivity contribution in [1.29, 1.82) is 0 Å². The Labute approximate surface area is 334 Å². The molecule has 0 aliphatic heterocycles. The fourth-order valence-corrected chi connectivity index (χ4v) is 7.44. The molecule has 1 unspecified atom stereocenters. The number of aromatic nitrogens is 2. The van der Waals surface area contributed by atoms with Crippen LogP contribution in [0.15, 0.2) is 53.8 Å². The first-order valence-electron chi connectivity index (χ1n) is 19.5. The number of amides is 6. The Morgan fingerprint density at radius 3 is 2.02 bits per heavy atom. The number of hydrogen-bond acceptors (Lipinski definition) is 11. The number of nitrogens with one attached hydrogen (secondary N) is 6. The summed E-state index contributed by atoms with van der Waals surface area (Å²) in [6.07, 6.45) is 9.62. The molecule has 17 nitrogen and oxygen atoms in total. The average Bonchev–Trinajstić information content (AvgIpc) is 3.20. The predicted molar refractivity (Wildman–Crippen MR) is 209 cm³/mol. The molecule has 6 N–H and O–H groups in total. The van der Waals surface area contributed by atoms with Crippen molar-refractivity contribution in [2.75, 3.05) is 6.54 Å². The van der Waals surface area contributed by atoms with E-state index in [0.717, 1.165) is 32.1 Å². The second-order valence-corrected chi connectivity index (χ2v) is 16.5. The first kappa shape index (κ1) is 46.1. The number of benzene rings is 1. The lowest BCUT2D eigenvalue weighted by Crippen LogP contribution is -2.60. The third kappa shape index (κ3) is 14.6. The summed E-state index contributed by atoms with van der Waals surface area (Å²) in [5, 5.41) is 13.0. The predicted octanol–water partition coefficient (Wildman–Crippen LogP) is 1.69. The molecule has 1 saturated carbocycles. The quantitative estimate of drug-likeness (QED) is 0.0990. The Balaban J connectivity index is 1.73. The van der Waals surface area contributed by atoms with Crippen LogP contribution in [0.5, 0.6) is 0 Å². The van der Waals surface area contributed by atoms with Gasteiger partial charge in [-0.15, -0.1) is 0 Å². The van der Waals surface area contributed by atoms with E-state index in [2.05, 4.69) is 36.6 Å². The molecule has 1 heterocycles.